The monoisotopic (exact) mass is 267 g/mol. The third kappa shape index (κ3) is 3.11. The number of hydrogen-bond acceptors (Lipinski definition) is 4. The lowest BCUT2D eigenvalue weighted by Crippen LogP contribution is -2.36. The zero-order valence-corrected chi connectivity index (χ0v) is 10.4. The van der Waals surface area contributed by atoms with Crippen LogP contribution in [0.4, 0.5) is 0 Å². The molecule has 2 rings (SSSR count). The van der Waals surface area contributed by atoms with Crippen molar-refractivity contribution in [2.75, 3.05) is 13.2 Å². The summed E-state index contributed by atoms with van der Waals surface area (Å²) in [4.78, 5) is 38.3. The molecule has 0 bridgehead atoms. The number of aliphatic hydroxyl groups is 1. The minimum atomic E-state index is -0.702. The van der Waals surface area contributed by atoms with E-state index < -0.39 is 17.2 Å². The molecule has 19 heavy (non-hydrogen) atoms. The number of aromatic amines is 2. The highest BCUT2D eigenvalue weighted by Gasteiger charge is 2.27. The molecule has 1 aliphatic carbocycles. The molecule has 7 heteroatoms. The molecule has 104 valence electrons. The van der Waals surface area contributed by atoms with Crippen LogP contribution in [-0.2, 0) is 0 Å². The fourth-order valence-electron chi connectivity index (χ4n) is 2.52. The lowest BCUT2D eigenvalue weighted by atomic mass is 9.97. The van der Waals surface area contributed by atoms with Gasteiger partial charge in [-0.2, -0.15) is 0 Å². The molecule has 0 spiro atoms. The highest BCUT2D eigenvalue weighted by Crippen LogP contribution is 2.30. The van der Waals surface area contributed by atoms with Gasteiger partial charge in [-0.1, -0.05) is 6.42 Å². The maximum atomic E-state index is 11.8. The lowest BCUT2D eigenvalue weighted by Gasteiger charge is -2.17. The van der Waals surface area contributed by atoms with Crippen LogP contribution in [-0.4, -0.2) is 34.1 Å². The maximum absolute atomic E-state index is 11.8. The molecule has 2 atom stereocenters. The summed E-state index contributed by atoms with van der Waals surface area (Å²) in [7, 11) is 0. The second kappa shape index (κ2) is 5.83. The van der Waals surface area contributed by atoms with Crippen LogP contribution in [0.25, 0.3) is 0 Å². The number of hydrogen-bond donors (Lipinski definition) is 4. The molecule has 1 amide bonds. The zero-order valence-electron chi connectivity index (χ0n) is 10.4. The summed E-state index contributed by atoms with van der Waals surface area (Å²) < 4.78 is 0. The highest BCUT2D eigenvalue weighted by atomic mass is 16.3. The van der Waals surface area contributed by atoms with Gasteiger partial charge >= 0.3 is 5.69 Å². The summed E-state index contributed by atoms with van der Waals surface area (Å²) in [6.07, 6.45) is 4.09. The molecule has 7 nitrogen and oxygen atoms in total. The molecular weight excluding hydrogens is 250 g/mol. The van der Waals surface area contributed by atoms with E-state index in [1.54, 1.807) is 0 Å². The van der Waals surface area contributed by atoms with Gasteiger partial charge in [0.2, 0.25) is 0 Å². The number of rotatable bonds is 4. The molecule has 0 saturated heterocycles. The van der Waals surface area contributed by atoms with E-state index in [4.69, 9.17) is 0 Å². The van der Waals surface area contributed by atoms with Crippen LogP contribution in [0.3, 0.4) is 0 Å². The smallest absolute Gasteiger partial charge is 0.325 e. The first kappa shape index (κ1) is 13.5. The Morgan fingerprint density at radius 1 is 1.37 bits per heavy atom. The van der Waals surface area contributed by atoms with Crippen LogP contribution in [0.1, 0.15) is 29.6 Å². The topological polar surface area (TPSA) is 115 Å². The van der Waals surface area contributed by atoms with E-state index in [-0.39, 0.29) is 24.0 Å². The summed E-state index contributed by atoms with van der Waals surface area (Å²) >= 11 is 0. The highest BCUT2D eigenvalue weighted by molar-refractivity contribution is 5.93. The Balaban J connectivity index is 1.98. The van der Waals surface area contributed by atoms with E-state index in [0.29, 0.717) is 6.54 Å². The number of amides is 1. The molecule has 1 fully saturated rings. The molecule has 1 heterocycles. The van der Waals surface area contributed by atoms with Crippen LogP contribution in [0.2, 0.25) is 0 Å². The van der Waals surface area contributed by atoms with Gasteiger partial charge in [0.15, 0.2) is 0 Å². The summed E-state index contributed by atoms with van der Waals surface area (Å²) in [5.74, 6) is -0.0500. The quantitative estimate of drug-likeness (QED) is 0.571. The molecule has 0 aliphatic heterocycles. The molecule has 0 aromatic carbocycles. The third-order valence-electron chi connectivity index (χ3n) is 3.64. The fourth-order valence-corrected chi connectivity index (χ4v) is 2.52. The number of aromatic nitrogens is 2. The number of nitrogens with one attached hydrogen (secondary N) is 3. The Hall–Kier alpha value is -1.89. The number of carbonyl (C=O) groups excluding carboxylic acids is 1. The average Bonchev–Trinajstić information content (AvgIpc) is 2.83. The fraction of sp³-hybridized carbons (Fsp3) is 0.583. The molecule has 1 aromatic heterocycles. The molecule has 2 unspecified atom stereocenters. The van der Waals surface area contributed by atoms with Crippen molar-refractivity contribution in [2.24, 2.45) is 11.8 Å². The zero-order chi connectivity index (χ0) is 13.8. The first-order valence-electron chi connectivity index (χ1n) is 6.33. The Labute approximate surface area is 109 Å². The van der Waals surface area contributed by atoms with Crippen LogP contribution in [0.15, 0.2) is 15.8 Å². The van der Waals surface area contributed by atoms with Gasteiger partial charge in [-0.15, -0.1) is 0 Å². The third-order valence-corrected chi connectivity index (χ3v) is 3.64. The molecule has 1 aromatic rings. The molecule has 1 aliphatic rings. The van der Waals surface area contributed by atoms with E-state index in [9.17, 15) is 19.5 Å². The summed E-state index contributed by atoms with van der Waals surface area (Å²) in [6.45, 7) is 0.558. The van der Waals surface area contributed by atoms with Crippen molar-refractivity contribution in [3.8, 4) is 0 Å². The van der Waals surface area contributed by atoms with Gasteiger partial charge in [-0.05, 0) is 24.7 Å². The summed E-state index contributed by atoms with van der Waals surface area (Å²) in [5, 5.41) is 11.9. The second-order valence-electron chi connectivity index (χ2n) is 4.83. The van der Waals surface area contributed by atoms with Gasteiger partial charge in [0.1, 0.15) is 5.56 Å². The van der Waals surface area contributed by atoms with Gasteiger partial charge in [0.05, 0.1) is 0 Å². The number of carbonyl (C=O) groups is 1. The van der Waals surface area contributed by atoms with Crippen molar-refractivity contribution in [1.29, 1.82) is 0 Å². The largest absolute Gasteiger partial charge is 0.396 e. The first-order valence-corrected chi connectivity index (χ1v) is 6.33. The van der Waals surface area contributed by atoms with Crippen LogP contribution >= 0.6 is 0 Å². The van der Waals surface area contributed by atoms with Crippen LogP contribution in [0.5, 0.6) is 0 Å². The molecule has 4 N–H and O–H groups in total. The lowest BCUT2D eigenvalue weighted by molar-refractivity contribution is 0.0935. The molecular formula is C12H17N3O4. The number of H-pyrrole nitrogens is 2. The van der Waals surface area contributed by atoms with E-state index in [1.807, 2.05) is 4.98 Å². The van der Waals surface area contributed by atoms with Crippen molar-refractivity contribution < 1.29 is 9.90 Å². The minimum Gasteiger partial charge on any atom is -0.396 e. The maximum Gasteiger partial charge on any atom is 0.325 e. The molecule has 0 radical (unpaired) electrons. The van der Waals surface area contributed by atoms with Crippen LogP contribution < -0.4 is 16.6 Å². The Kier molecular flexibility index (Phi) is 4.16. The van der Waals surface area contributed by atoms with Crippen molar-refractivity contribution in [1.82, 2.24) is 15.3 Å². The van der Waals surface area contributed by atoms with E-state index in [0.717, 1.165) is 25.5 Å². The van der Waals surface area contributed by atoms with Crippen LogP contribution in [0, 0.1) is 11.8 Å². The first-order chi connectivity index (χ1) is 9.11. The van der Waals surface area contributed by atoms with Gasteiger partial charge in [-0.25, -0.2) is 4.79 Å². The predicted octanol–water partition coefficient (Wildman–Crippen LogP) is -0.798. The standard InChI is InChI=1S/C12H17N3O4/c16-6-8-3-1-2-7(8)4-13-10(17)9-5-14-12(19)15-11(9)18/h5,7-8,16H,1-4,6H2,(H,13,17)(H2,14,15,18,19). The van der Waals surface area contributed by atoms with E-state index in [1.165, 1.54) is 0 Å². The van der Waals surface area contributed by atoms with Gasteiger partial charge in [-0.3, -0.25) is 14.6 Å². The van der Waals surface area contributed by atoms with Crippen molar-refractivity contribution >= 4 is 5.91 Å². The summed E-state index contributed by atoms with van der Waals surface area (Å²) in [6, 6.07) is 0. The SMILES string of the molecule is O=C(NCC1CCCC1CO)c1c[nH]c(=O)[nH]c1=O. The average molecular weight is 267 g/mol. The van der Waals surface area contributed by atoms with Crippen molar-refractivity contribution in [3.05, 3.63) is 32.6 Å². The Bertz CT molecular complexity index is 563. The summed E-state index contributed by atoms with van der Waals surface area (Å²) in [5.41, 5.74) is -1.46. The van der Waals surface area contributed by atoms with Gasteiger partial charge in [0, 0.05) is 19.3 Å². The minimum absolute atomic E-state index is 0.113. The normalized spacial score (nSPS) is 22.4. The second-order valence-corrected chi connectivity index (χ2v) is 4.83. The van der Waals surface area contributed by atoms with Crippen molar-refractivity contribution in [2.45, 2.75) is 19.3 Å². The van der Waals surface area contributed by atoms with Gasteiger partial charge < -0.3 is 15.4 Å². The van der Waals surface area contributed by atoms with Crippen molar-refractivity contribution in [3.63, 3.8) is 0 Å². The number of aliphatic hydroxyl groups excluding tert-OH is 1. The van der Waals surface area contributed by atoms with E-state index >= 15 is 0 Å². The molecule has 1 saturated carbocycles. The Morgan fingerprint density at radius 3 is 2.79 bits per heavy atom. The Morgan fingerprint density at radius 2 is 2.11 bits per heavy atom. The predicted molar refractivity (Wildman–Crippen MR) is 67.9 cm³/mol. The van der Waals surface area contributed by atoms with Gasteiger partial charge in [0.25, 0.3) is 11.5 Å². The van der Waals surface area contributed by atoms with E-state index in [2.05, 4.69) is 10.3 Å².